The highest BCUT2D eigenvalue weighted by atomic mass is 19.4. The van der Waals surface area contributed by atoms with Crippen LogP contribution in [0.2, 0.25) is 0 Å². The maximum absolute atomic E-state index is 13.4. The van der Waals surface area contributed by atoms with E-state index in [1.165, 1.54) is 19.3 Å². The number of anilines is 1. The second-order valence-corrected chi connectivity index (χ2v) is 6.14. The number of alkyl halides is 6. The summed E-state index contributed by atoms with van der Waals surface area (Å²) in [5.74, 6) is -0.186. The van der Waals surface area contributed by atoms with Crippen LogP contribution < -0.4 is 5.32 Å². The molecule has 0 spiro atoms. The molecular formula is C19H13F6N3O2. The zero-order valence-corrected chi connectivity index (χ0v) is 15.2. The van der Waals surface area contributed by atoms with Gasteiger partial charge in [-0.3, -0.25) is 4.79 Å². The Labute approximate surface area is 165 Å². The van der Waals surface area contributed by atoms with Gasteiger partial charge >= 0.3 is 12.4 Å². The Morgan fingerprint density at radius 1 is 1.13 bits per heavy atom. The third-order valence-corrected chi connectivity index (χ3v) is 3.98. The highest BCUT2D eigenvalue weighted by molar-refractivity contribution is 6.02. The van der Waals surface area contributed by atoms with Crippen molar-refractivity contribution in [1.29, 1.82) is 0 Å². The van der Waals surface area contributed by atoms with Gasteiger partial charge in [0.2, 0.25) is 5.91 Å². The third-order valence-electron chi connectivity index (χ3n) is 3.98. The first-order chi connectivity index (χ1) is 13.9. The molecular weight excluding hydrogens is 416 g/mol. The van der Waals surface area contributed by atoms with Gasteiger partial charge in [0, 0.05) is 6.08 Å². The van der Waals surface area contributed by atoms with Crippen molar-refractivity contribution in [3.8, 4) is 5.69 Å². The van der Waals surface area contributed by atoms with Crippen molar-refractivity contribution in [2.75, 3.05) is 5.32 Å². The summed E-state index contributed by atoms with van der Waals surface area (Å²) in [6.07, 6.45) is -4.95. The number of nitrogens with one attached hydrogen (secondary N) is 1. The molecule has 0 radical (unpaired) electrons. The molecule has 0 aliphatic rings. The topological polar surface area (TPSA) is 60.1 Å². The standard InChI is InChI=1S/C19H13F6N3O2/c1-11-15(26-17(29)7-5-13-3-2-8-30-13)10-28(27-11)16-6-4-12(18(20,21)22)9-14(16)19(23,24)25/h2-10H,1H3,(H,26,29)/b7-5+. The van der Waals surface area contributed by atoms with Crippen molar-refractivity contribution in [2.45, 2.75) is 19.3 Å². The molecule has 30 heavy (non-hydrogen) atoms. The molecule has 1 amide bonds. The number of halogens is 6. The Bertz CT molecular complexity index is 1080. The summed E-state index contributed by atoms with van der Waals surface area (Å²) >= 11 is 0. The number of aromatic nitrogens is 2. The van der Waals surface area contributed by atoms with Crippen LogP contribution in [-0.4, -0.2) is 15.7 Å². The van der Waals surface area contributed by atoms with E-state index in [4.69, 9.17) is 4.42 Å². The average molecular weight is 429 g/mol. The summed E-state index contributed by atoms with van der Waals surface area (Å²) in [4.78, 5) is 12.0. The third kappa shape index (κ3) is 4.73. The van der Waals surface area contributed by atoms with Crippen molar-refractivity contribution in [2.24, 2.45) is 0 Å². The zero-order chi connectivity index (χ0) is 22.1. The Morgan fingerprint density at radius 2 is 1.87 bits per heavy atom. The molecule has 0 aliphatic heterocycles. The van der Waals surface area contributed by atoms with Crippen molar-refractivity contribution >= 4 is 17.7 Å². The van der Waals surface area contributed by atoms with Gasteiger partial charge < -0.3 is 9.73 Å². The molecule has 0 atom stereocenters. The van der Waals surface area contributed by atoms with Crippen molar-refractivity contribution < 1.29 is 35.6 Å². The van der Waals surface area contributed by atoms with E-state index in [0.717, 1.165) is 17.0 Å². The van der Waals surface area contributed by atoms with E-state index in [1.807, 2.05) is 0 Å². The number of carbonyl (C=O) groups is 1. The minimum Gasteiger partial charge on any atom is -0.465 e. The molecule has 3 rings (SSSR count). The van der Waals surface area contributed by atoms with E-state index in [-0.39, 0.29) is 17.4 Å². The lowest BCUT2D eigenvalue weighted by atomic mass is 10.1. The molecule has 0 fully saturated rings. The van der Waals surface area contributed by atoms with Gasteiger partial charge in [0.15, 0.2) is 0 Å². The molecule has 0 saturated carbocycles. The molecule has 0 saturated heterocycles. The van der Waals surface area contributed by atoms with Gasteiger partial charge in [-0.1, -0.05) is 0 Å². The van der Waals surface area contributed by atoms with Gasteiger partial charge in [-0.25, -0.2) is 4.68 Å². The largest absolute Gasteiger partial charge is 0.465 e. The smallest absolute Gasteiger partial charge is 0.418 e. The Kier molecular flexibility index (Phi) is 5.47. The molecule has 11 heteroatoms. The van der Waals surface area contributed by atoms with Crippen molar-refractivity contribution in [3.05, 3.63) is 71.4 Å². The van der Waals surface area contributed by atoms with Gasteiger partial charge in [-0.15, -0.1) is 0 Å². The summed E-state index contributed by atoms with van der Waals surface area (Å²) in [7, 11) is 0. The van der Waals surface area contributed by atoms with E-state index in [2.05, 4.69) is 10.4 Å². The van der Waals surface area contributed by atoms with Crippen LogP contribution in [0.25, 0.3) is 11.8 Å². The molecule has 2 aromatic heterocycles. The highest BCUT2D eigenvalue weighted by Gasteiger charge is 2.38. The minimum absolute atomic E-state index is 0.0245. The van der Waals surface area contributed by atoms with Gasteiger partial charge in [0.1, 0.15) is 5.76 Å². The molecule has 0 bridgehead atoms. The van der Waals surface area contributed by atoms with Gasteiger partial charge in [-0.2, -0.15) is 31.4 Å². The fourth-order valence-electron chi connectivity index (χ4n) is 2.56. The van der Waals surface area contributed by atoms with E-state index in [9.17, 15) is 31.1 Å². The van der Waals surface area contributed by atoms with E-state index in [0.29, 0.717) is 17.9 Å². The summed E-state index contributed by atoms with van der Waals surface area (Å²) in [5, 5.41) is 6.33. The first kappa shape index (κ1) is 21.2. The molecule has 1 N–H and O–H groups in total. The van der Waals surface area contributed by atoms with Gasteiger partial charge in [0.25, 0.3) is 0 Å². The number of nitrogens with zero attached hydrogens (tertiary/aromatic N) is 2. The molecule has 2 heterocycles. The summed E-state index contributed by atoms with van der Waals surface area (Å²) in [5.41, 5.74) is -3.28. The summed E-state index contributed by atoms with van der Waals surface area (Å²) < 4.78 is 84.3. The van der Waals surface area contributed by atoms with Gasteiger partial charge in [-0.05, 0) is 43.3 Å². The SMILES string of the molecule is Cc1nn(-c2ccc(C(F)(F)F)cc2C(F)(F)F)cc1NC(=O)/C=C/c1ccco1. The molecule has 3 aromatic rings. The van der Waals surface area contributed by atoms with E-state index >= 15 is 0 Å². The number of aryl methyl sites for hydroxylation is 1. The Morgan fingerprint density at radius 3 is 2.47 bits per heavy atom. The van der Waals surface area contributed by atoms with Crippen LogP contribution in [0.4, 0.5) is 32.0 Å². The lowest BCUT2D eigenvalue weighted by Crippen LogP contribution is -2.14. The number of rotatable bonds is 4. The highest BCUT2D eigenvalue weighted by Crippen LogP contribution is 2.38. The van der Waals surface area contributed by atoms with Crippen molar-refractivity contribution in [3.63, 3.8) is 0 Å². The normalized spacial score (nSPS) is 12.5. The second-order valence-electron chi connectivity index (χ2n) is 6.14. The molecule has 0 unspecified atom stereocenters. The predicted octanol–water partition coefficient (Wildman–Crippen LogP) is 5.46. The fourth-order valence-corrected chi connectivity index (χ4v) is 2.56. The monoisotopic (exact) mass is 429 g/mol. The maximum Gasteiger partial charge on any atom is 0.418 e. The van der Waals surface area contributed by atoms with Crippen LogP contribution in [0, 0.1) is 6.92 Å². The van der Waals surface area contributed by atoms with Gasteiger partial charge in [0.05, 0.1) is 40.7 Å². The quantitative estimate of drug-likeness (QED) is 0.442. The van der Waals surface area contributed by atoms with E-state index in [1.54, 1.807) is 12.1 Å². The van der Waals surface area contributed by atoms with Crippen LogP contribution in [0.5, 0.6) is 0 Å². The first-order valence-corrected chi connectivity index (χ1v) is 8.33. The number of carbonyl (C=O) groups excluding carboxylic acids is 1. The van der Waals surface area contributed by atoms with E-state index < -0.39 is 35.1 Å². The summed E-state index contributed by atoms with van der Waals surface area (Å²) in [6, 6.07) is 4.47. The average Bonchev–Trinajstić information content (AvgIpc) is 3.28. The number of hydrogen-bond donors (Lipinski definition) is 1. The van der Waals surface area contributed by atoms with Crippen molar-refractivity contribution in [1.82, 2.24) is 9.78 Å². The lowest BCUT2D eigenvalue weighted by Gasteiger charge is -2.15. The number of hydrogen-bond acceptors (Lipinski definition) is 3. The molecule has 1 aromatic carbocycles. The maximum atomic E-state index is 13.4. The van der Waals surface area contributed by atoms with Crippen LogP contribution in [0.3, 0.4) is 0 Å². The predicted molar refractivity (Wildman–Crippen MR) is 94.7 cm³/mol. The number of amides is 1. The Balaban J connectivity index is 1.91. The zero-order valence-electron chi connectivity index (χ0n) is 15.2. The molecule has 0 aliphatic carbocycles. The molecule has 158 valence electrons. The van der Waals surface area contributed by atoms with Crippen LogP contribution in [0.15, 0.2) is 53.3 Å². The lowest BCUT2D eigenvalue weighted by molar-refractivity contribution is -0.143. The fraction of sp³-hybridized carbons (Fsp3) is 0.158. The first-order valence-electron chi connectivity index (χ1n) is 8.33. The molecule has 5 nitrogen and oxygen atoms in total. The van der Waals surface area contributed by atoms with Crippen LogP contribution in [0.1, 0.15) is 22.6 Å². The van der Waals surface area contributed by atoms with Crippen LogP contribution in [-0.2, 0) is 17.1 Å². The number of furan rings is 1. The summed E-state index contributed by atoms with van der Waals surface area (Å²) in [6.45, 7) is 1.43. The number of benzene rings is 1. The second kappa shape index (κ2) is 7.73. The Hall–Kier alpha value is -3.50. The minimum atomic E-state index is -5.05. The van der Waals surface area contributed by atoms with Crippen LogP contribution >= 0.6 is 0 Å².